The van der Waals surface area contributed by atoms with Crippen LogP contribution < -0.4 is 10.6 Å². The molecule has 1 aliphatic heterocycles. The van der Waals surface area contributed by atoms with Gasteiger partial charge in [-0.05, 0) is 36.2 Å². The lowest BCUT2D eigenvalue weighted by Crippen LogP contribution is -2.44. The average molecular weight is 508 g/mol. The molecule has 154 valence electrons. The van der Waals surface area contributed by atoms with Crippen LogP contribution in [0.15, 0.2) is 52.1 Å². The number of aliphatic imine (C=N–C) groups is 1. The van der Waals surface area contributed by atoms with Crippen molar-refractivity contribution in [1.29, 1.82) is 0 Å². The smallest absolute Gasteiger partial charge is 0.416 e. The number of rotatable bonds is 5. The molecule has 0 spiro atoms. The zero-order valence-electron chi connectivity index (χ0n) is 15.5. The quantitative estimate of drug-likeness (QED) is 0.366. The van der Waals surface area contributed by atoms with Crippen LogP contribution in [-0.2, 0) is 19.3 Å². The molecule has 0 aliphatic carbocycles. The van der Waals surface area contributed by atoms with E-state index in [2.05, 4.69) is 20.5 Å². The Balaban J connectivity index is 0.00000280. The molecule has 2 heterocycles. The maximum absolute atomic E-state index is 12.6. The lowest BCUT2D eigenvalue weighted by Gasteiger charge is -2.19. The van der Waals surface area contributed by atoms with Gasteiger partial charge in [-0.2, -0.15) is 13.2 Å². The Labute approximate surface area is 179 Å². The Kier molecular flexibility index (Phi) is 8.17. The number of benzene rings is 1. The van der Waals surface area contributed by atoms with Crippen molar-refractivity contribution in [3.8, 4) is 0 Å². The van der Waals surface area contributed by atoms with Crippen molar-refractivity contribution in [1.82, 2.24) is 15.5 Å². The number of nitrogens with zero attached hydrogens (tertiary/aromatic N) is 2. The maximum Gasteiger partial charge on any atom is 0.416 e. The Morgan fingerprint density at radius 3 is 2.61 bits per heavy atom. The molecule has 0 saturated carbocycles. The molecule has 1 aromatic carbocycles. The molecule has 0 amide bonds. The summed E-state index contributed by atoms with van der Waals surface area (Å²) in [7, 11) is 1.71. The number of nitrogens with one attached hydrogen (secondary N) is 2. The summed E-state index contributed by atoms with van der Waals surface area (Å²) in [6, 6.07) is 9.34. The highest BCUT2D eigenvalue weighted by molar-refractivity contribution is 14.0. The fourth-order valence-electron chi connectivity index (χ4n) is 3.12. The predicted octanol–water partition coefficient (Wildman–Crippen LogP) is 3.86. The minimum Gasteiger partial charge on any atom is -0.467 e. The van der Waals surface area contributed by atoms with E-state index in [1.807, 2.05) is 12.1 Å². The van der Waals surface area contributed by atoms with Gasteiger partial charge in [-0.3, -0.25) is 9.89 Å². The summed E-state index contributed by atoms with van der Waals surface area (Å²) in [5, 5.41) is 6.58. The van der Waals surface area contributed by atoms with Crippen molar-refractivity contribution >= 4 is 29.9 Å². The van der Waals surface area contributed by atoms with Gasteiger partial charge in [0.05, 0.1) is 18.4 Å². The SMILES string of the molecule is CN=C(NCc1ccco1)NC1CCN(Cc2ccc(C(F)(F)F)cc2)C1.I. The Hall–Kier alpha value is -1.75. The molecular formula is C19H24F3IN4O. The first-order valence-electron chi connectivity index (χ1n) is 8.82. The van der Waals surface area contributed by atoms with Gasteiger partial charge in [0, 0.05) is 32.7 Å². The van der Waals surface area contributed by atoms with Crippen LogP contribution in [0.2, 0.25) is 0 Å². The fraction of sp³-hybridized carbons (Fsp3) is 0.421. The first kappa shape index (κ1) is 22.5. The van der Waals surface area contributed by atoms with E-state index in [1.165, 1.54) is 0 Å². The van der Waals surface area contributed by atoms with Crippen molar-refractivity contribution < 1.29 is 17.6 Å². The molecular weight excluding hydrogens is 484 g/mol. The molecule has 1 unspecified atom stereocenters. The van der Waals surface area contributed by atoms with Gasteiger partial charge in [-0.15, -0.1) is 24.0 Å². The summed E-state index contributed by atoms with van der Waals surface area (Å²) >= 11 is 0. The highest BCUT2D eigenvalue weighted by Crippen LogP contribution is 2.29. The van der Waals surface area contributed by atoms with Gasteiger partial charge in [-0.25, -0.2) is 0 Å². The van der Waals surface area contributed by atoms with Crippen molar-refractivity contribution in [2.45, 2.75) is 31.7 Å². The van der Waals surface area contributed by atoms with Crippen molar-refractivity contribution in [2.75, 3.05) is 20.1 Å². The summed E-state index contributed by atoms with van der Waals surface area (Å²) in [6.07, 6.45) is -1.72. The molecule has 1 atom stereocenters. The second-order valence-electron chi connectivity index (χ2n) is 6.56. The molecule has 1 fully saturated rings. The van der Waals surface area contributed by atoms with E-state index in [4.69, 9.17) is 4.42 Å². The zero-order valence-corrected chi connectivity index (χ0v) is 17.8. The topological polar surface area (TPSA) is 52.8 Å². The molecule has 0 bridgehead atoms. The minimum absolute atomic E-state index is 0. The summed E-state index contributed by atoms with van der Waals surface area (Å²) in [4.78, 5) is 6.44. The van der Waals surface area contributed by atoms with Gasteiger partial charge in [0.2, 0.25) is 0 Å². The molecule has 0 radical (unpaired) electrons. The number of furan rings is 1. The van der Waals surface area contributed by atoms with Gasteiger partial charge >= 0.3 is 6.18 Å². The van der Waals surface area contributed by atoms with E-state index in [1.54, 1.807) is 25.4 Å². The van der Waals surface area contributed by atoms with Gasteiger partial charge in [-0.1, -0.05) is 12.1 Å². The third-order valence-corrected chi connectivity index (χ3v) is 4.53. The van der Waals surface area contributed by atoms with Gasteiger partial charge < -0.3 is 15.1 Å². The minimum atomic E-state index is -4.29. The van der Waals surface area contributed by atoms with Gasteiger partial charge in [0.15, 0.2) is 5.96 Å². The zero-order chi connectivity index (χ0) is 19.3. The second kappa shape index (κ2) is 10.1. The van der Waals surface area contributed by atoms with Crippen LogP contribution >= 0.6 is 24.0 Å². The first-order chi connectivity index (χ1) is 12.9. The molecule has 28 heavy (non-hydrogen) atoms. The number of guanidine groups is 1. The van der Waals surface area contributed by atoms with Gasteiger partial charge in [0.25, 0.3) is 0 Å². The first-order valence-corrected chi connectivity index (χ1v) is 8.82. The average Bonchev–Trinajstić information content (AvgIpc) is 3.30. The molecule has 3 rings (SSSR count). The lowest BCUT2D eigenvalue weighted by molar-refractivity contribution is -0.137. The second-order valence-corrected chi connectivity index (χ2v) is 6.56. The molecule has 5 nitrogen and oxygen atoms in total. The van der Waals surface area contributed by atoms with Crippen LogP contribution in [0.1, 0.15) is 23.3 Å². The Morgan fingerprint density at radius 1 is 1.25 bits per heavy atom. The molecule has 1 aliphatic rings. The standard InChI is InChI=1S/C19H23F3N4O.HI/c1-23-18(24-11-17-3-2-10-27-17)25-16-8-9-26(13-16)12-14-4-6-15(7-5-14)19(20,21)22;/h2-7,10,16H,8-9,11-13H2,1H3,(H2,23,24,25);1H. The number of halogens is 4. The number of likely N-dealkylation sites (tertiary alicyclic amines) is 1. The number of alkyl halides is 3. The number of hydrogen-bond donors (Lipinski definition) is 2. The highest BCUT2D eigenvalue weighted by Gasteiger charge is 2.30. The Bertz CT molecular complexity index is 748. The third kappa shape index (κ3) is 6.40. The van der Waals surface area contributed by atoms with Crippen molar-refractivity contribution in [3.05, 3.63) is 59.5 Å². The van der Waals surface area contributed by atoms with E-state index in [-0.39, 0.29) is 30.0 Å². The fourth-order valence-corrected chi connectivity index (χ4v) is 3.12. The summed E-state index contributed by atoms with van der Waals surface area (Å²) < 4.78 is 43.2. The van der Waals surface area contributed by atoms with Crippen LogP contribution in [0, 0.1) is 0 Å². The lowest BCUT2D eigenvalue weighted by atomic mass is 10.1. The summed E-state index contributed by atoms with van der Waals surface area (Å²) in [6.45, 7) is 2.87. The summed E-state index contributed by atoms with van der Waals surface area (Å²) in [5.41, 5.74) is 0.266. The van der Waals surface area contributed by atoms with E-state index < -0.39 is 11.7 Å². The van der Waals surface area contributed by atoms with Crippen LogP contribution in [0.4, 0.5) is 13.2 Å². The van der Waals surface area contributed by atoms with Crippen LogP contribution in [0.5, 0.6) is 0 Å². The van der Waals surface area contributed by atoms with E-state index >= 15 is 0 Å². The molecule has 2 N–H and O–H groups in total. The molecule has 9 heteroatoms. The normalized spacial score (nSPS) is 18.0. The molecule has 1 aromatic heterocycles. The van der Waals surface area contributed by atoms with Crippen molar-refractivity contribution in [3.63, 3.8) is 0 Å². The van der Waals surface area contributed by atoms with E-state index in [0.29, 0.717) is 19.0 Å². The molecule has 1 saturated heterocycles. The van der Waals surface area contributed by atoms with Crippen LogP contribution in [-0.4, -0.2) is 37.0 Å². The van der Waals surface area contributed by atoms with Crippen LogP contribution in [0.3, 0.4) is 0 Å². The highest BCUT2D eigenvalue weighted by atomic mass is 127. The summed E-state index contributed by atoms with van der Waals surface area (Å²) in [5.74, 6) is 1.53. The van der Waals surface area contributed by atoms with E-state index in [0.717, 1.165) is 43.0 Å². The van der Waals surface area contributed by atoms with Crippen molar-refractivity contribution in [2.24, 2.45) is 4.99 Å². The van der Waals surface area contributed by atoms with E-state index in [9.17, 15) is 13.2 Å². The van der Waals surface area contributed by atoms with Gasteiger partial charge in [0.1, 0.15) is 5.76 Å². The predicted molar refractivity (Wildman–Crippen MR) is 113 cm³/mol. The number of hydrogen-bond acceptors (Lipinski definition) is 3. The molecule has 2 aromatic rings. The third-order valence-electron chi connectivity index (χ3n) is 4.53. The maximum atomic E-state index is 12.6. The Morgan fingerprint density at radius 2 is 2.00 bits per heavy atom. The largest absolute Gasteiger partial charge is 0.467 e. The monoisotopic (exact) mass is 508 g/mol. The van der Waals surface area contributed by atoms with Crippen LogP contribution in [0.25, 0.3) is 0 Å².